The predicted octanol–water partition coefficient (Wildman–Crippen LogP) is 9.96. The number of aromatic amines is 3. The second-order valence-electron chi connectivity index (χ2n) is 23.6. The molecule has 0 radical (unpaired) electrons. The first-order chi connectivity index (χ1) is 52.1. The maximum atomic E-state index is 13.9. The lowest BCUT2D eigenvalue weighted by molar-refractivity contribution is -0.119. The van der Waals surface area contributed by atoms with Gasteiger partial charge in [-0.2, -0.15) is 15.0 Å². The van der Waals surface area contributed by atoms with Crippen LogP contribution in [0.15, 0.2) is 152 Å². The number of rotatable bonds is 37. The summed E-state index contributed by atoms with van der Waals surface area (Å²) in [5.41, 5.74) is 21.3. The van der Waals surface area contributed by atoms with Gasteiger partial charge in [-0.05, 0) is 85.5 Å². The number of aryl methyl sites for hydroxylation is 2. The average molecular weight is 1690 g/mol. The summed E-state index contributed by atoms with van der Waals surface area (Å²) in [5.74, 6) is -1.18. The Morgan fingerprint density at radius 2 is 0.872 bits per heavy atom. The van der Waals surface area contributed by atoms with Crippen molar-refractivity contribution in [3.8, 4) is 11.5 Å². The molecule has 0 spiro atoms. The highest BCUT2D eigenvalue weighted by atomic mass is 79.9. The lowest BCUT2D eigenvalue weighted by Crippen LogP contribution is -2.14. The summed E-state index contributed by atoms with van der Waals surface area (Å²) >= 11 is 6.79. The van der Waals surface area contributed by atoms with Gasteiger partial charge >= 0.3 is 22.8 Å². The third-order valence-electron chi connectivity index (χ3n) is 15.3. The standard InChI is InChI=1S/C25H27BrN5O7P.C24H25BrN5O6P.C19H23FN5O7P/c1-16-6-7-18(11-21(16)35-2)20(32)13-38-39(34,37-12-17-4-3-5-19(26)10-17)15-36-9-8-31-14-28-22-23(31)29-25(27)30-24(22)33;1-16-5-7-18(8-6-16)20(31)13-36-37(33,35-12-17-3-2-4-19(25)11-17)15-34-10-9-30-14-27-21-22(30)28-24(26)29-23(21)32;1-12(26)8-31-33(28,32-9-13-3-4-15(29-2)14(20)7-13)11-30-6-5-25-10-22-16-17(25)23-19(21)24-18(16)27/h3-7,10-11,14H,8-9,12-13,15H2,1-2H3,(H3,27,29,30,33);2-8,11,14H,9-10,12-13,15H2,1H3,(H3,26,28,29,32);3-4,7,10H,5-6,8-9,11H2,1-2H3,(H3,21,23,24,27). The number of aromatic nitrogens is 12. The van der Waals surface area contributed by atoms with Crippen molar-refractivity contribution in [2.24, 2.45) is 0 Å². The van der Waals surface area contributed by atoms with Crippen LogP contribution in [0.3, 0.4) is 0 Å². The molecule has 109 heavy (non-hydrogen) atoms. The number of halogens is 3. The molecule has 0 bridgehead atoms. The molecule has 0 amide bonds. The van der Waals surface area contributed by atoms with E-state index in [0.29, 0.717) is 33.7 Å². The molecule has 5 aromatic carbocycles. The molecule has 41 heteroatoms. The molecule has 578 valence electrons. The van der Waals surface area contributed by atoms with E-state index in [2.05, 4.69) is 76.7 Å². The summed E-state index contributed by atoms with van der Waals surface area (Å²) in [5, 5.41) is 0. The summed E-state index contributed by atoms with van der Waals surface area (Å²) in [6.07, 6.45) is 3.02. The Balaban J connectivity index is 0.000000189. The second-order valence-corrected chi connectivity index (χ2v) is 31.4. The van der Waals surface area contributed by atoms with Crippen LogP contribution in [-0.2, 0) is 99.3 Å². The Bertz CT molecular complexity index is 5370. The monoisotopic (exact) mass is 1690 g/mol. The highest BCUT2D eigenvalue weighted by Crippen LogP contribution is 2.51. The van der Waals surface area contributed by atoms with Crippen LogP contribution in [0.2, 0.25) is 0 Å². The van der Waals surface area contributed by atoms with Gasteiger partial charge in [-0.25, -0.2) is 19.3 Å². The van der Waals surface area contributed by atoms with Crippen LogP contribution in [0, 0.1) is 19.7 Å². The third kappa shape index (κ3) is 24.4. The number of nitrogens with one attached hydrogen (secondary N) is 3. The fourth-order valence-electron chi connectivity index (χ4n) is 9.73. The number of nitrogens with zero attached hydrogens (tertiary/aromatic N) is 9. The molecule has 9 N–H and O–H groups in total. The van der Waals surface area contributed by atoms with Crippen LogP contribution in [0.1, 0.15) is 55.5 Å². The number of anilines is 3. The first-order valence-corrected chi connectivity index (χ1v) is 39.5. The van der Waals surface area contributed by atoms with E-state index < -0.39 is 83.6 Å². The number of ether oxygens (including phenoxy) is 5. The van der Waals surface area contributed by atoms with Gasteiger partial charge in [-0.1, -0.05) is 104 Å². The number of methoxy groups -OCH3 is 2. The van der Waals surface area contributed by atoms with Crippen molar-refractivity contribution in [1.82, 2.24) is 58.6 Å². The van der Waals surface area contributed by atoms with Crippen molar-refractivity contribution < 1.29 is 83.3 Å². The summed E-state index contributed by atoms with van der Waals surface area (Å²) in [4.78, 5) is 104. The molecule has 0 aliphatic carbocycles. The maximum absolute atomic E-state index is 13.9. The molecule has 0 aliphatic heterocycles. The first-order valence-electron chi connectivity index (χ1n) is 32.7. The van der Waals surface area contributed by atoms with Crippen LogP contribution >= 0.6 is 54.6 Å². The number of fused-ring (bicyclic) bond motifs is 3. The zero-order valence-corrected chi connectivity index (χ0v) is 65.0. The second kappa shape index (κ2) is 39.1. The van der Waals surface area contributed by atoms with E-state index in [9.17, 15) is 46.9 Å². The molecular formula is C68H75Br2FN15O20P3. The molecular weight excluding hydrogens is 1620 g/mol. The number of imidazole rings is 3. The highest BCUT2D eigenvalue weighted by molar-refractivity contribution is 9.10. The van der Waals surface area contributed by atoms with Gasteiger partial charge in [0, 0.05) is 39.7 Å². The Morgan fingerprint density at radius 3 is 1.26 bits per heavy atom. The van der Waals surface area contributed by atoms with E-state index in [4.69, 9.17) is 68.0 Å². The minimum absolute atomic E-state index is 0.00304. The lowest BCUT2D eigenvalue weighted by atomic mass is 10.1. The molecule has 0 saturated carbocycles. The van der Waals surface area contributed by atoms with Gasteiger partial charge in [0.1, 0.15) is 44.6 Å². The fourth-order valence-corrected chi connectivity index (χ4v) is 14.4. The average Bonchev–Trinajstić information content (AvgIpc) is 1.68. The zero-order chi connectivity index (χ0) is 78.4. The van der Waals surface area contributed by atoms with Gasteiger partial charge in [-0.15, -0.1) is 0 Å². The van der Waals surface area contributed by atoms with Gasteiger partial charge in [-0.3, -0.25) is 71.0 Å². The minimum Gasteiger partial charge on any atom is -0.496 e. The van der Waals surface area contributed by atoms with E-state index in [1.54, 1.807) is 50.1 Å². The van der Waals surface area contributed by atoms with Gasteiger partial charge in [0.05, 0.1) is 72.8 Å². The maximum Gasteiger partial charge on any atom is 0.356 e. The molecule has 35 nitrogen and oxygen atoms in total. The Kier molecular flexibility index (Phi) is 30.0. The summed E-state index contributed by atoms with van der Waals surface area (Å²) < 4.78 is 120. The number of ketones is 3. The topological polar surface area (TPSA) is 473 Å². The Hall–Kier alpha value is -9.62. The first kappa shape index (κ1) is 83.4. The molecule has 0 saturated heterocycles. The van der Waals surface area contributed by atoms with Crippen molar-refractivity contribution in [2.75, 3.05) is 90.1 Å². The van der Waals surface area contributed by atoms with Crippen LogP contribution in [0.4, 0.5) is 22.2 Å². The van der Waals surface area contributed by atoms with Crippen LogP contribution in [0.25, 0.3) is 33.5 Å². The van der Waals surface area contributed by atoms with E-state index >= 15 is 0 Å². The number of carbonyl (C=O) groups excluding carboxylic acids is 3. The number of nitrogens with two attached hydrogens (primary N) is 3. The van der Waals surface area contributed by atoms with E-state index in [1.165, 1.54) is 52.3 Å². The predicted molar refractivity (Wildman–Crippen MR) is 405 cm³/mol. The Labute approximate surface area is 636 Å². The van der Waals surface area contributed by atoms with E-state index in [0.717, 1.165) is 31.2 Å². The van der Waals surface area contributed by atoms with Crippen LogP contribution in [0.5, 0.6) is 11.5 Å². The summed E-state index contributed by atoms with van der Waals surface area (Å²) in [6, 6.07) is 30.8. The smallest absolute Gasteiger partial charge is 0.356 e. The molecule has 11 aromatic rings. The zero-order valence-electron chi connectivity index (χ0n) is 59.1. The fraction of sp³-hybridized carbons (Fsp3) is 0.294. The van der Waals surface area contributed by atoms with Crippen LogP contribution < -0.4 is 43.4 Å². The number of benzene rings is 5. The minimum atomic E-state index is -3.88. The summed E-state index contributed by atoms with van der Waals surface area (Å²) in [6.45, 7) is 4.32. The largest absolute Gasteiger partial charge is 0.496 e. The van der Waals surface area contributed by atoms with Crippen LogP contribution in [-0.4, -0.2) is 149 Å². The van der Waals surface area contributed by atoms with E-state index in [-0.39, 0.29) is 123 Å². The summed E-state index contributed by atoms with van der Waals surface area (Å²) in [7, 11) is -8.70. The van der Waals surface area contributed by atoms with Crippen molar-refractivity contribution in [2.45, 2.75) is 60.2 Å². The molecule has 6 heterocycles. The van der Waals surface area contributed by atoms with Gasteiger partial charge < -0.3 is 68.2 Å². The van der Waals surface area contributed by atoms with Crippen molar-refractivity contribution in [3.63, 3.8) is 0 Å². The normalized spacial score (nSPS) is 13.0. The number of carbonyl (C=O) groups is 3. The van der Waals surface area contributed by atoms with Crippen molar-refractivity contribution in [1.29, 1.82) is 0 Å². The molecule has 6 aromatic heterocycles. The number of hydrogen-bond donors (Lipinski definition) is 6. The lowest BCUT2D eigenvalue weighted by Gasteiger charge is -2.19. The van der Waals surface area contributed by atoms with Gasteiger partial charge in [0.15, 0.2) is 62.4 Å². The molecule has 0 fully saturated rings. The third-order valence-corrected chi connectivity index (χ3v) is 20.9. The number of H-pyrrole nitrogens is 3. The molecule has 3 unspecified atom stereocenters. The van der Waals surface area contributed by atoms with Gasteiger partial charge in [0.25, 0.3) is 16.7 Å². The SMILES string of the molecule is COc1cc(C(=O)COP(=O)(COCCn2cnc3c(=O)[nH]c(N)nc32)OCc2cccc(Br)c2)ccc1C.COc1ccc(COP(=O)(COCCn2cnc3c(=O)[nH]c(N)nc32)OCC(C)=O)cc1F.Cc1ccc(C(=O)COP(=O)(COCCn2cnc3c(=O)[nH]c(N)nc32)OCc2cccc(Br)c2)cc1. The Morgan fingerprint density at radius 1 is 0.486 bits per heavy atom. The molecule has 0 aliphatic rings. The van der Waals surface area contributed by atoms with Crippen molar-refractivity contribution >= 4 is 123 Å². The highest BCUT2D eigenvalue weighted by Gasteiger charge is 2.31. The van der Waals surface area contributed by atoms with Crippen molar-refractivity contribution in [3.05, 3.63) is 213 Å². The number of Topliss-reactive ketones (excluding diaryl/α,β-unsaturated/α-hetero) is 3. The molecule has 11 rings (SSSR count). The quantitative estimate of drug-likeness (QED) is 0.0120. The van der Waals surface area contributed by atoms with Gasteiger partial charge in [0.2, 0.25) is 17.8 Å². The number of nitrogen functional groups attached to an aromatic ring is 3. The number of hydrogen-bond acceptors (Lipinski definition) is 29. The van der Waals surface area contributed by atoms with E-state index in [1.807, 2.05) is 74.5 Å². The molecule has 3 atom stereocenters.